The van der Waals surface area contributed by atoms with E-state index in [-0.39, 0.29) is 5.92 Å². The van der Waals surface area contributed by atoms with E-state index in [0.717, 1.165) is 32.5 Å². The zero-order chi connectivity index (χ0) is 14.3. The Bertz CT molecular complexity index is 673. The Morgan fingerprint density at radius 1 is 1.25 bits per heavy atom. The molecule has 0 bridgehead atoms. The number of fused-ring (bicyclic) bond motifs is 2. The first-order valence-electron chi connectivity index (χ1n) is 6.29. The largest absolute Gasteiger partial charge is 0.259 e. The summed E-state index contributed by atoms with van der Waals surface area (Å²) in [5.41, 5.74) is 4.81. The van der Waals surface area contributed by atoms with Crippen molar-refractivity contribution in [3.8, 4) is 0 Å². The summed E-state index contributed by atoms with van der Waals surface area (Å²) in [7, 11) is 0. The fourth-order valence-corrected chi connectivity index (χ4v) is 4.18. The van der Waals surface area contributed by atoms with E-state index in [0.29, 0.717) is 5.88 Å². The highest BCUT2D eigenvalue weighted by molar-refractivity contribution is 9.10. The Hall–Kier alpha value is -0.0900. The number of benzene rings is 1. The molecule has 0 radical (unpaired) electrons. The highest BCUT2D eigenvalue weighted by Crippen LogP contribution is 2.39. The van der Waals surface area contributed by atoms with E-state index in [9.17, 15) is 0 Å². The Morgan fingerprint density at radius 3 is 2.80 bits per heavy atom. The molecule has 1 aromatic heterocycles. The second kappa shape index (κ2) is 5.96. The molecule has 0 saturated heterocycles. The van der Waals surface area contributed by atoms with Crippen molar-refractivity contribution >= 4 is 55.1 Å². The SMILES string of the molecule is ClCC1c2ccc(Cl)c(Br)c2CCc2cc(Br)cnc21. The van der Waals surface area contributed by atoms with Gasteiger partial charge >= 0.3 is 0 Å². The number of halogens is 4. The minimum absolute atomic E-state index is 0.117. The van der Waals surface area contributed by atoms with Gasteiger partial charge in [0.05, 0.1) is 10.7 Å². The van der Waals surface area contributed by atoms with Crippen molar-refractivity contribution in [2.75, 3.05) is 5.88 Å². The van der Waals surface area contributed by atoms with Gasteiger partial charge in [0.2, 0.25) is 0 Å². The van der Waals surface area contributed by atoms with Crippen LogP contribution in [-0.2, 0) is 12.8 Å². The van der Waals surface area contributed by atoms with Crippen LogP contribution in [0.4, 0.5) is 0 Å². The highest BCUT2D eigenvalue weighted by Gasteiger charge is 2.26. The third kappa shape index (κ3) is 2.54. The van der Waals surface area contributed by atoms with Gasteiger partial charge in [0, 0.05) is 26.9 Å². The van der Waals surface area contributed by atoms with Gasteiger partial charge in [-0.25, -0.2) is 0 Å². The summed E-state index contributed by atoms with van der Waals surface area (Å²) in [5, 5.41) is 0.747. The molecule has 0 fully saturated rings. The zero-order valence-electron chi connectivity index (χ0n) is 10.5. The summed E-state index contributed by atoms with van der Waals surface area (Å²) in [6.07, 6.45) is 3.73. The summed E-state index contributed by atoms with van der Waals surface area (Å²) < 4.78 is 1.99. The molecule has 0 N–H and O–H groups in total. The molecule has 1 aromatic carbocycles. The smallest absolute Gasteiger partial charge is 0.0551 e. The molecule has 1 unspecified atom stereocenters. The van der Waals surface area contributed by atoms with Crippen LogP contribution in [0.25, 0.3) is 0 Å². The third-order valence-corrected chi connectivity index (χ3v) is 5.90. The highest BCUT2D eigenvalue weighted by atomic mass is 79.9. The Kier molecular flexibility index (Phi) is 4.42. The second-order valence-electron chi connectivity index (χ2n) is 4.83. The van der Waals surface area contributed by atoms with Crippen LogP contribution in [0.3, 0.4) is 0 Å². The van der Waals surface area contributed by atoms with E-state index < -0.39 is 0 Å². The van der Waals surface area contributed by atoms with Crippen LogP contribution in [0.1, 0.15) is 28.3 Å². The number of nitrogens with zero attached hydrogens (tertiary/aromatic N) is 1. The molecular formula is C15H11Br2Cl2N. The lowest BCUT2D eigenvalue weighted by molar-refractivity contribution is 0.864. The van der Waals surface area contributed by atoms with Gasteiger partial charge in [0.25, 0.3) is 0 Å². The van der Waals surface area contributed by atoms with Gasteiger partial charge in [-0.1, -0.05) is 17.7 Å². The molecule has 20 heavy (non-hydrogen) atoms. The number of alkyl halides is 1. The lowest BCUT2D eigenvalue weighted by Gasteiger charge is -2.18. The lowest BCUT2D eigenvalue weighted by atomic mass is 9.93. The predicted octanol–water partition coefficient (Wildman–Crippen LogP) is 5.73. The molecule has 0 amide bonds. The summed E-state index contributed by atoms with van der Waals surface area (Å²) in [6, 6.07) is 6.14. The van der Waals surface area contributed by atoms with Crippen LogP contribution < -0.4 is 0 Å². The number of hydrogen-bond donors (Lipinski definition) is 0. The van der Waals surface area contributed by atoms with Gasteiger partial charge in [-0.15, -0.1) is 11.6 Å². The normalized spacial score (nSPS) is 17.3. The van der Waals surface area contributed by atoms with Gasteiger partial charge in [0.1, 0.15) is 0 Å². The first-order chi connectivity index (χ1) is 9.61. The fourth-order valence-electron chi connectivity index (χ4n) is 2.76. The number of pyridine rings is 1. The molecular weight excluding hydrogens is 425 g/mol. The maximum atomic E-state index is 6.24. The van der Waals surface area contributed by atoms with Gasteiger partial charge in [-0.2, -0.15) is 0 Å². The average Bonchev–Trinajstić information content (AvgIpc) is 2.59. The molecule has 104 valence electrons. The lowest BCUT2D eigenvalue weighted by Crippen LogP contribution is -2.08. The van der Waals surface area contributed by atoms with Gasteiger partial charge in [0.15, 0.2) is 0 Å². The fraction of sp³-hybridized carbons (Fsp3) is 0.267. The van der Waals surface area contributed by atoms with Crippen LogP contribution in [0.2, 0.25) is 5.02 Å². The van der Waals surface area contributed by atoms with Crippen LogP contribution in [0.5, 0.6) is 0 Å². The number of aromatic nitrogens is 1. The molecule has 1 nitrogen and oxygen atoms in total. The predicted molar refractivity (Wildman–Crippen MR) is 91.1 cm³/mol. The van der Waals surface area contributed by atoms with E-state index in [1.165, 1.54) is 16.7 Å². The number of rotatable bonds is 1. The summed E-state index contributed by atoms with van der Waals surface area (Å²) >= 11 is 19.6. The Balaban J connectivity index is 2.21. The van der Waals surface area contributed by atoms with Crippen molar-refractivity contribution in [3.05, 3.63) is 60.7 Å². The maximum absolute atomic E-state index is 6.24. The second-order valence-corrected chi connectivity index (χ2v) is 7.26. The van der Waals surface area contributed by atoms with E-state index in [2.05, 4.69) is 49.0 Å². The number of aryl methyl sites for hydroxylation is 1. The standard InChI is InChI=1S/C15H11Br2Cl2N/c16-9-5-8-1-2-11-10(3-4-13(19)14(11)17)12(6-18)15(8)20-7-9/h3-5,7,12H,1-2,6H2. The first-order valence-corrected chi connectivity index (χ1v) is 8.78. The molecule has 2 aromatic rings. The number of hydrogen-bond acceptors (Lipinski definition) is 1. The average molecular weight is 436 g/mol. The Labute approximate surface area is 145 Å². The minimum Gasteiger partial charge on any atom is -0.259 e. The summed E-state index contributed by atoms with van der Waals surface area (Å²) in [5.74, 6) is 0.633. The molecule has 1 heterocycles. The van der Waals surface area contributed by atoms with Gasteiger partial charge in [-0.05, 0) is 73.5 Å². The molecule has 1 aliphatic carbocycles. The minimum atomic E-state index is 0.117. The van der Waals surface area contributed by atoms with Crippen molar-refractivity contribution < 1.29 is 0 Å². The van der Waals surface area contributed by atoms with Crippen molar-refractivity contribution in [1.29, 1.82) is 0 Å². The van der Waals surface area contributed by atoms with E-state index >= 15 is 0 Å². The van der Waals surface area contributed by atoms with Crippen molar-refractivity contribution in [3.63, 3.8) is 0 Å². The molecule has 1 aliphatic rings. The molecule has 0 saturated carbocycles. The topological polar surface area (TPSA) is 12.9 Å². The van der Waals surface area contributed by atoms with E-state index in [1.807, 2.05) is 12.3 Å². The van der Waals surface area contributed by atoms with Crippen molar-refractivity contribution in [2.45, 2.75) is 18.8 Å². The molecule has 0 aliphatic heterocycles. The van der Waals surface area contributed by atoms with E-state index in [4.69, 9.17) is 23.2 Å². The van der Waals surface area contributed by atoms with Crippen molar-refractivity contribution in [2.24, 2.45) is 0 Å². The molecule has 0 spiro atoms. The maximum Gasteiger partial charge on any atom is 0.0551 e. The monoisotopic (exact) mass is 433 g/mol. The van der Waals surface area contributed by atoms with Crippen LogP contribution in [0, 0.1) is 0 Å². The summed E-state index contributed by atoms with van der Waals surface area (Å²) in [4.78, 5) is 4.60. The van der Waals surface area contributed by atoms with Gasteiger partial charge < -0.3 is 0 Å². The van der Waals surface area contributed by atoms with Crippen molar-refractivity contribution in [1.82, 2.24) is 4.98 Å². The van der Waals surface area contributed by atoms with Crippen LogP contribution in [-0.4, -0.2) is 10.9 Å². The van der Waals surface area contributed by atoms with Crippen LogP contribution >= 0.6 is 55.1 Å². The zero-order valence-corrected chi connectivity index (χ0v) is 15.2. The molecule has 1 atom stereocenters. The van der Waals surface area contributed by atoms with E-state index in [1.54, 1.807) is 0 Å². The third-order valence-electron chi connectivity index (χ3n) is 3.70. The quantitative estimate of drug-likeness (QED) is 0.521. The summed E-state index contributed by atoms with van der Waals surface area (Å²) in [6.45, 7) is 0. The molecule has 5 heteroatoms. The van der Waals surface area contributed by atoms with Gasteiger partial charge in [-0.3, -0.25) is 4.98 Å². The first kappa shape index (κ1) is 14.8. The molecule has 3 rings (SSSR count). The Morgan fingerprint density at radius 2 is 2.05 bits per heavy atom. The van der Waals surface area contributed by atoms with Crippen LogP contribution in [0.15, 0.2) is 33.3 Å².